The second kappa shape index (κ2) is 7.47. The highest BCUT2D eigenvalue weighted by Gasteiger charge is 2.28. The van der Waals surface area contributed by atoms with Gasteiger partial charge in [0.1, 0.15) is 0 Å². The molecule has 2 rings (SSSR count). The minimum Gasteiger partial charge on any atom is -0.369 e. The molecule has 5 N–H and O–H groups in total. The van der Waals surface area contributed by atoms with E-state index in [1.54, 1.807) is 0 Å². The predicted octanol–water partition coefficient (Wildman–Crippen LogP) is 1.72. The number of amides is 2. The van der Waals surface area contributed by atoms with E-state index in [4.69, 9.17) is 11.5 Å². The molecule has 1 fully saturated rings. The van der Waals surface area contributed by atoms with E-state index in [9.17, 15) is 9.59 Å². The van der Waals surface area contributed by atoms with Crippen LogP contribution in [-0.2, 0) is 9.59 Å². The minimum atomic E-state index is -0.379. The van der Waals surface area contributed by atoms with Crippen LogP contribution in [0.5, 0.6) is 0 Å². The first-order valence-electron chi connectivity index (χ1n) is 7.14. The van der Waals surface area contributed by atoms with Gasteiger partial charge in [0.15, 0.2) is 0 Å². The van der Waals surface area contributed by atoms with Crippen LogP contribution in [0.3, 0.4) is 0 Å². The van der Waals surface area contributed by atoms with Crippen molar-refractivity contribution in [2.24, 2.45) is 17.4 Å². The molecule has 0 bridgehead atoms. The fourth-order valence-electron chi connectivity index (χ4n) is 2.56. The average Bonchev–Trinajstić information content (AvgIpc) is 2.46. The van der Waals surface area contributed by atoms with Crippen molar-refractivity contribution in [2.45, 2.75) is 36.6 Å². The quantitative estimate of drug-likeness (QED) is 0.721. The second-order valence-corrected chi connectivity index (χ2v) is 6.31. The van der Waals surface area contributed by atoms with Crippen LogP contribution >= 0.6 is 11.8 Å². The van der Waals surface area contributed by atoms with E-state index in [2.05, 4.69) is 5.32 Å². The number of carbonyl (C=O) groups excluding carboxylic acids is 2. The molecule has 2 atom stereocenters. The maximum absolute atomic E-state index is 12.4. The molecule has 0 radical (unpaired) electrons. The van der Waals surface area contributed by atoms with E-state index < -0.39 is 0 Å². The number of hydrogen-bond acceptors (Lipinski definition) is 4. The first kappa shape index (κ1) is 15.9. The van der Waals surface area contributed by atoms with E-state index in [0.29, 0.717) is 5.69 Å². The zero-order chi connectivity index (χ0) is 15.2. The molecule has 0 heterocycles. The van der Waals surface area contributed by atoms with Gasteiger partial charge in [0.25, 0.3) is 0 Å². The first-order valence-corrected chi connectivity index (χ1v) is 8.13. The zero-order valence-corrected chi connectivity index (χ0v) is 12.7. The molecule has 1 aliphatic carbocycles. The SMILES string of the molecule is NC(=O)CSc1ccccc1NC(=O)C1CCCCC1N. The van der Waals surface area contributed by atoms with Crippen LogP contribution in [-0.4, -0.2) is 23.6 Å². The van der Waals surface area contributed by atoms with Crippen LogP contribution in [0.2, 0.25) is 0 Å². The van der Waals surface area contributed by atoms with Crippen molar-refractivity contribution >= 4 is 29.3 Å². The van der Waals surface area contributed by atoms with Crippen molar-refractivity contribution in [1.29, 1.82) is 0 Å². The largest absolute Gasteiger partial charge is 0.369 e. The lowest BCUT2D eigenvalue weighted by Gasteiger charge is -2.27. The van der Waals surface area contributed by atoms with Gasteiger partial charge >= 0.3 is 0 Å². The van der Waals surface area contributed by atoms with Crippen LogP contribution in [0.1, 0.15) is 25.7 Å². The minimum absolute atomic E-state index is 0.0330. The third-order valence-corrected chi connectivity index (χ3v) is 4.77. The van der Waals surface area contributed by atoms with Crippen molar-refractivity contribution in [3.8, 4) is 0 Å². The van der Waals surface area contributed by atoms with E-state index in [1.165, 1.54) is 11.8 Å². The Morgan fingerprint density at radius 2 is 1.95 bits per heavy atom. The zero-order valence-electron chi connectivity index (χ0n) is 11.9. The summed E-state index contributed by atoms with van der Waals surface area (Å²) >= 11 is 1.32. The monoisotopic (exact) mass is 307 g/mol. The smallest absolute Gasteiger partial charge is 0.229 e. The summed E-state index contributed by atoms with van der Waals surface area (Å²) < 4.78 is 0. The van der Waals surface area contributed by atoms with Gasteiger partial charge in [-0.1, -0.05) is 25.0 Å². The van der Waals surface area contributed by atoms with Crippen LogP contribution in [0.4, 0.5) is 5.69 Å². The molecule has 1 saturated carbocycles. The van der Waals surface area contributed by atoms with Gasteiger partial charge in [0.2, 0.25) is 11.8 Å². The van der Waals surface area contributed by atoms with Crippen LogP contribution in [0.15, 0.2) is 29.2 Å². The lowest BCUT2D eigenvalue weighted by Crippen LogP contribution is -2.40. The van der Waals surface area contributed by atoms with Gasteiger partial charge in [-0.05, 0) is 25.0 Å². The summed E-state index contributed by atoms with van der Waals surface area (Å²) in [6.45, 7) is 0. The number of nitrogens with two attached hydrogens (primary N) is 2. The number of benzene rings is 1. The van der Waals surface area contributed by atoms with Crippen molar-refractivity contribution in [2.75, 3.05) is 11.1 Å². The Bertz CT molecular complexity index is 521. The van der Waals surface area contributed by atoms with Gasteiger partial charge in [0, 0.05) is 10.9 Å². The van der Waals surface area contributed by atoms with Gasteiger partial charge < -0.3 is 16.8 Å². The van der Waals surface area contributed by atoms with Crippen molar-refractivity contribution in [3.63, 3.8) is 0 Å². The van der Waals surface area contributed by atoms with E-state index in [-0.39, 0.29) is 29.5 Å². The Hall–Kier alpha value is -1.53. The molecular formula is C15H21N3O2S. The molecule has 0 aromatic heterocycles. The summed E-state index contributed by atoms with van der Waals surface area (Å²) in [4.78, 5) is 24.1. The fourth-order valence-corrected chi connectivity index (χ4v) is 3.30. The van der Waals surface area contributed by atoms with E-state index in [1.807, 2.05) is 24.3 Å². The summed E-state index contributed by atoms with van der Waals surface area (Å²) in [6, 6.07) is 7.35. The molecule has 2 unspecified atom stereocenters. The summed E-state index contributed by atoms with van der Waals surface area (Å²) in [5.41, 5.74) is 11.9. The molecule has 5 nitrogen and oxygen atoms in total. The van der Waals surface area contributed by atoms with Crippen molar-refractivity contribution < 1.29 is 9.59 Å². The summed E-state index contributed by atoms with van der Waals surface area (Å²) in [6.07, 6.45) is 3.87. The van der Waals surface area contributed by atoms with Crippen molar-refractivity contribution in [3.05, 3.63) is 24.3 Å². The molecule has 114 valence electrons. The van der Waals surface area contributed by atoms with Gasteiger partial charge in [-0.25, -0.2) is 0 Å². The van der Waals surface area contributed by atoms with Gasteiger partial charge in [-0.2, -0.15) is 0 Å². The van der Waals surface area contributed by atoms with Crippen molar-refractivity contribution in [1.82, 2.24) is 0 Å². The van der Waals surface area contributed by atoms with E-state index in [0.717, 1.165) is 30.6 Å². The lowest BCUT2D eigenvalue weighted by atomic mass is 9.84. The van der Waals surface area contributed by atoms with E-state index >= 15 is 0 Å². The highest BCUT2D eigenvalue weighted by molar-refractivity contribution is 8.00. The Morgan fingerprint density at radius 3 is 2.67 bits per heavy atom. The van der Waals surface area contributed by atoms with Gasteiger partial charge in [0.05, 0.1) is 17.4 Å². The Morgan fingerprint density at radius 1 is 1.24 bits per heavy atom. The molecule has 1 aromatic rings. The highest BCUT2D eigenvalue weighted by atomic mass is 32.2. The van der Waals surface area contributed by atoms with Crippen LogP contribution in [0.25, 0.3) is 0 Å². The number of carbonyl (C=O) groups is 2. The number of nitrogens with one attached hydrogen (secondary N) is 1. The predicted molar refractivity (Wildman–Crippen MR) is 84.9 cm³/mol. The molecule has 0 aliphatic heterocycles. The Kier molecular flexibility index (Phi) is 5.64. The lowest BCUT2D eigenvalue weighted by molar-refractivity contribution is -0.121. The Balaban J connectivity index is 2.04. The molecule has 0 spiro atoms. The molecule has 21 heavy (non-hydrogen) atoms. The summed E-state index contributed by atoms with van der Waals surface area (Å²) in [7, 11) is 0. The van der Waals surface area contributed by atoms with Gasteiger partial charge in [-0.3, -0.25) is 9.59 Å². The highest BCUT2D eigenvalue weighted by Crippen LogP contribution is 2.29. The fraction of sp³-hybridized carbons (Fsp3) is 0.467. The maximum atomic E-state index is 12.4. The molecule has 1 aliphatic rings. The normalized spacial score (nSPS) is 21.8. The number of para-hydroxylation sites is 1. The summed E-state index contributed by atoms with van der Waals surface area (Å²) in [5, 5.41) is 2.94. The standard InChI is InChI=1S/C15H21N3O2S/c16-11-6-2-1-5-10(11)15(20)18-12-7-3-4-8-13(12)21-9-14(17)19/h3-4,7-8,10-11H,1-2,5-6,9,16H2,(H2,17,19)(H,18,20). The number of rotatable bonds is 5. The molecular weight excluding hydrogens is 286 g/mol. The van der Waals surface area contributed by atoms with Crippen LogP contribution < -0.4 is 16.8 Å². The average molecular weight is 307 g/mol. The Labute approximate surface area is 128 Å². The maximum Gasteiger partial charge on any atom is 0.229 e. The van der Waals surface area contributed by atoms with Crippen LogP contribution in [0, 0.1) is 5.92 Å². The molecule has 6 heteroatoms. The molecule has 1 aromatic carbocycles. The molecule has 2 amide bonds. The number of anilines is 1. The number of primary amides is 1. The topological polar surface area (TPSA) is 98.2 Å². The second-order valence-electron chi connectivity index (χ2n) is 5.30. The number of hydrogen-bond donors (Lipinski definition) is 3. The summed E-state index contributed by atoms with van der Waals surface area (Å²) in [5.74, 6) is -0.353. The molecule has 0 saturated heterocycles. The third kappa shape index (κ3) is 4.47. The number of thioether (sulfide) groups is 1. The third-order valence-electron chi connectivity index (χ3n) is 3.67. The first-order chi connectivity index (χ1) is 10.1. The van der Waals surface area contributed by atoms with Gasteiger partial charge in [-0.15, -0.1) is 11.8 Å².